The van der Waals surface area contributed by atoms with E-state index in [1.54, 1.807) is 6.07 Å². The first-order chi connectivity index (χ1) is 19.7. The molecule has 0 aliphatic carbocycles. The summed E-state index contributed by atoms with van der Waals surface area (Å²) in [5.74, 6) is -1.10. The Labute approximate surface area is 235 Å². The molecule has 0 radical (unpaired) electrons. The molecule has 2 saturated heterocycles. The van der Waals surface area contributed by atoms with Crippen LogP contribution in [-0.4, -0.2) is 78.2 Å². The number of piperidine rings is 1. The number of carbonyl (C=O) groups excluding carboxylic acids is 2. The number of nitrogens with zero attached hydrogens (tertiary/aromatic N) is 4. The maximum Gasteiger partial charge on any atom is 0.573 e. The van der Waals surface area contributed by atoms with Gasteiger partial charge in [-0.1, -0.05) is 6.07 Å². The third-order valence-electron chi connectivity index (χ3n) is 7.07. The molecule has 228 valence electrons. The third kappa shape index (κ3) is 7.94. The molecule has 2 aliphatic heterocycles. The maximum absolute atomic E-state index is 13.3. The van der Waals surface area contributed by atoms with Crippen LogP contribution in [0.4, 0.5) is 43.4 Å². The molecule has 10 nitrogen and oxygen atoms in total. The Bertz CT molecular complexity index is 1310. The summed E-state index contributed by atoms with van der Waals surface area (Å²) in [7, 11) is 0. The van der Waals surface area contributed by atoms with E-state index in [0.29, 0.717) is 37.7 Å². The van der Waals surface area contributed by atoms with Gasteiger partial charge in [0.15, 0.2) is 0 Å². The molecule has 16 heteroatoms. The first-order valence-corrected chi connectivity index (χ1v) is 13.0. The van der Waals surface area contributed by atoms with E-state index < -0.39 is 28.7 Å². The number of carbonyl (C=O) groups is 2. The summed E-state index contributed by atoms with van der Waals surface area (Å²) in [4.78, 5) is 40.2. The summed E-state index contributed by atoms with van der Waals surface area (Å²) < 4.78 is 81.3. The number of likely N-dealkylation sites (tertiary alicyclic amines) is 1. The van der Waals surface area contributed by atoms with E-state index in [4.69, 9.17) is 0 Å². The number of halogens is 6. The highest BCUT2D eigenvalue weighted by Gasteiger charge is 2.39. The standard InChI is InChI=1S/C26H27F6N5O5/c27-25(28,29)21-14-18(4-5-22(21)37(40)41)33-17-6-8-35(9-7-17)23(38)16-24(39)36-12-10-34(11-13-36)19-2-1-3-20(15-19)42-26(30,31)32/h1-5,14-15,17,33H,6-13,16H2. The second-order valence-electron chi connectivity index (χ2n) is 9.88. The van der Waals surface area contributed by atoms with Gasteiger partial charge in [-0.3, -0.25) is 19.7 Å². The molecule has 0 unspecified atom stereocenters. The number of ether oxygens (including phenoxy) is 1. The van der Waals surface area contributed by atoms with Crippen molar-refractivity contribution in [3.63, 3.8) is 0 Å². The number of hydrogen-bond acceptors (Lipinski definition) is 7. The number of piperazine rings is 1. The van der Waals surface area contributed by atoms with Gasteiger partial charge in [0.05, 0.1) is 4.92 Å². The summed E-state index contributed by atoms with van der Waals surface area (Å²) in [5.41, 5.74) is -1.80. The number of benzene rings is 2. The smallest absolute Gasteiger partial charge is 0.406 e. The fourth-order valence-corrected chi connectivity index (χ4v) is 4.97. The molecule has 2 heterocycles. The van der Waals surface area contributed by atoms with Crippen LogP contribution in [0.2, 0.25) is 0 Å². The van der Waals surface area contributed by atoms with Crippen molar-refractivity contribution >= 4 is 28.9 Å². The summed E-state index contributed by atoms with van der Waals surface area (Å²) in [6, 6.07) is 7.97. The van der Waals surface area contributed by atoms with Gasteiger partial charge in [0.25, 0.3) is 5.69 Å². The van der Waals surface area contributed by atoms with Gasteiger partial charge in [0, 0.05) is 68.8 Å². The highest BCUT2D eigenvalue weighted by atomic mass is 19.4. The van der Waals surface area contributed by atoms with Crippen LogP contribution in [0.1, 0.15) is 24.8 Å². The minimum atomic E-state index is -4.90. The zero-order valence-corrected chi connectivity index (χ0v) is 22.1. The largest absolute Gasteiger partial charge is 0.573 e. The number of rotatable bonds is 7. The summed E-state index contributed by atoms with van der Waals surface area (Å²) in [5, 5.41) is 13.9. The second-order valence-corrected chi connectivity index (χ2v) is 9.88. The van der Waals surface area contributed by atoms with Crippen LogP contribution in [0.25, 0.3) is 0 Å². The van der Waals surface area contributed by atoms with Gasteiger partial charge in [0.1, 0.15) is 17.7 Å². The first kappa shape index (κ1) is 30.7. The normalized spacial score (nSPS) is 16.8. The van der Waals surface area contributed by atoms with Crippen LogP contribution >= 0.6 is 0 Å². The topological polar surface area (TPSA) is 108 Å². The molecule has 2 aliphatic rings. The molecule has 0 aromatic heterocycles. The van der Waals surface area contributed by atoms with Crippen LogP contribution in [-0.2, 0) is 15.8 Å². The average molecular weight is 604 g/mol. The van der Waals surface area contributed by atoms with Crippen molar-refractivity contribution in [2.75, 3.05) is 49.5 Å². The van der Waals surface area contributed by atoms with Gasteiger partial charge >= 0.3 is 12.5 Å². The lowest BCUT2D eigenvalue weighted by molar-refractivity contribution is -0.388. The van der Waals surface area contributed by atoms with Gasteiger partial charge in [-0.2, -0.15) is 13.2 Å². The highest BCUT2D eigenvalue weighted by molar-refractivity contribution is 5.97. The molecule has 4 rings (SSSR count). The third-order valence-corrected chi connectivity index (χ3v) is 7.07. The predicted octanol–water partition coefficient (Wildman–Crippen LogP) is 4.65. The van der Waals surface area contributed by atoms with E-state index in [2.05, 4.69) is 10.1 Å². The molecule has 2 fully saturated rings. The summed E-state index contributed by atoms with van der Waals surface area (Å²) >= 11 is 0. The predicted molar refractivity (Wildman–Crippen MR) is 138 cm³/mol. The fraction of sp³-hybridized carbons (Fsp3) is 0.462. The quantitative estimate of drug-likeness (QED) is 0.212. The molecule has 1 N–H and O–H groups in total. The molecule has 0 atom stereocenters. The fourth-order valence-electron chi connectivity index (χ4n) is 4.97. The minimum Gasteiger partial charge on any atom is -0.406 e. The number of amides is 2. The number of nitro benzene ring substituents is 1. The van der Waals surface area contributed by atoms with Crippen molar-refractivity contribution in [3.05, 3.63) is 58.1 Å². The van der Waals surface area contributed by atoms with Crippen molar-refractivity contribution in [1.29, 1.82) is 0 Å². The second kappa shape index (κ2) is 12.3. The van der Waals surface area contributed by atoms with Crippen LogP contribution in [0.15, 0.2) is 42.5 Å². The van der Waals surface area contributed by atoms with Crippen molar-refractivity contribution < 1.29 is 45.6 Å². The van der Waals surface area contributed by atoms with Crippen LogP contribution < -0.4 is 15.0 Å². The zero-order chi connectivity index (χ0) is 30.7. The van der Waals surface area contributed by atoms with Gasteiger partial charge in [-0.25, -0.2) is 0 Å². The van der Waals surface area contributed by atoms with E-state index >= 15 is 0 Å². The summed E-state index contributed by atoms with van der Waals surface area (Å²) in [6.45, 7) is 1.80. The first-order valence-electron chi connectivity index (χ1n) is 13.0. The Morgan fingerprint density at radius 3 is 2.10 bits per heavy atom. The lowest BCUT2D eigenvalue weighted by Gasteiger charge is -2.37. The van der Waals surface area contributed by atoms with E-state index in [-0.39, 0.29) is 61.9 Å². The van der Waals surface area contributed by atoms with Crippen molar-refractivity contribution in [2.24, 2.45) is 0 Å². The molecule has 2 aromatic rings. The van der Waals surface area contributed by atoms with E-state index in [1.165, 1.54) is 34.1 Å². The van der Waals surface area contributed by atoms with Crippen LogP contribution in [0, 0.1) is 10.1 Å². The monoisotopic (exact) mass is 603 g/mol. The summed E-state index contributed by atoms with van der Waals surface area (Å²) in [6.07, 6.45) is -9.27. The van der Waals surface area contributed by atoms with Gasteiger partial charge < -0.3 is 24.8 Å². The molecule has 42 heavy (non-hydrogen) atoms. The number of hydrogen-bond donors (Lipinski definition) is 1. The molecular weight excluding hydrogens is 576 g/mol. The molecule has 2 amide bonds. The Morgan fingerprint density at radius 2 is 1.52 bits per heavy atom. The number of nitrogens with one attached hydrogen (secondary N) is 1. The average Bonchev–Trinajstić information content (AvgIpc) is 2.92. The number of nitro groups is 1. The Balaban J connectivity index is 1.23. The SMILES string of the molecule is O=C(CC(=O)N1CCN(c2cccc(OC(F)(F)F)c2)CC1)N1CCC(Nc2ccc([N+](=O)[O-])c(C(F)(F)F)c2)CC1. The van der Waals surface area contributed by atoms with E-state index in [1.807, 2.05) is 4.90 Å². The lowest BCUT2D eigenvalue weighted by Crippen LogP contribution is -2.50. The Morgan fingerprint density at radius 1 is 0.905 bits per heavy atom. The minimum absolute atomic E-state index is 0.0756. The molecule has 0 bridgehead atoms. The maximum atomic E-state index is 13.3. The van der Waals surface area contributed by atoms with Crippen molar-refractivity contribution in [1.82, 2.24) is 9.80 Å². The molecule has 0 saturated carbocycles. The Hall–Kier alpha value is -4.24. The number of alkyl halides is 6. The highest BCUT2D eigenvalue weighted by Crippen LogP contribution is 2.38. The van der Waals surface area contributed by atoms with Crippen molar-refractivity contribution in [3.8, 4) is 5.75 Å². The zero-order valence-electron chi connectivity index (χ0n) is 22.1. The van der Waals surface area contributed by atoms with E-state index in [9.17, 15) is 46.0 Å². The lowest BCUT2D eigenvalue weighted by atomic mass is 10.0. The van der Waals surface area contributed by atoms with Crippen LogP contribution in [0.3, 0.4) is 0 Å². The van der Waals surface area contributed by atoms with Gasteiger partial charge in [-0.05, 0) is 37.1 Å². The molecule has 0 spiro atoms. The molecular formula is C26H27F6N5O5. The van der Waals surface area contributed by atoms with E-state index in [0.717, 1.165) is 6.07 Å². The molecule has 2 aromatic carbocycles. The van der Waals surface area contributed by atoms with Gasteiger partial charge in [0.2, 0.25) is 11.8 Å². The van der Waals surface area contributed by atoms with Crippen LogP contribution in [0.5, 0.6) is 5.75 Å². The van der Waals surface area contributed by atoms with Crippen molar-refractivity contribution in [2.45, 2.75) is 37.8 Å². The van der Waals surface area contributed by atoms with Gasteiger partial charge in [-0.15, -0.1) is 13.2 Å². The number of anilines is 2. The Kier molecular flexibility index (Phi) is 9.01.